The van der Waals surface area contributed by atoms with Crippen LogP contribution in [-0.2, 0) is 4.79 Å². The monoisotopic (exact) mass is 179 g/mol. The van der Waals surface area contributed by atoms with E-state index in [0.717, 1.165) is 32.2 Å². The molecule has 0 aromatic heterocycles. The van der Waals surface area contributed by atoms with E-state index in [0.29, 0.717) is 11.7 Å². The van der Waals surface area contributed by atoms with Crippen LogP contribution in [0.2, 0.25) is 0 Å². The van der Waals surface area contributed by atoms with Crippen LogP contribution >= 0.6 is 0 Å². The van der Waals surface area contributed by atoms with Gasteiger partial charge in [-0.2, -0.15) is 0 Å². The first-order chi connectivity index (χ1) is 6.33. The normalized spacial score (nSPS) is 20.5. The fraction of sp³-hybridized carbons (Fsp3) is 0.636. The second-order valence-corrected chi connectivity index (χ2v) is 3.52. The lowest BCUT2D eigenvalue weighted by molar-refractivity contribution is -0.120. The van der Waals surface area contributed by atoms with Gasteiger partial charge in [0.15, 0.2) is 0 Å². The van der Waals surface area contributed by atoms with Crippen LogP contribution in [0, 0.1) is 5.92 Å². The maximum Gasteiger partial charge on any atom is 0.132 e. The van der Waals surface area contributed by atoms with Gasteiger partial charge in [0.05, 0.1) is 0 Å². The number of hydrogen-bond acceptors (Lipinski definition) is 2. The van der Waals surface area contributed by atoms with E-state index in [4.69, 9.17) is 0 Å². The van der Waals surface area contributed by atoms with Gasteiger partial charge in [0.1, 0.15) is 5.78 Å². The summed E-state index contributed by atoms with van der Waals surface area (Å²) in [5.41, 5.74) is 0. The molecule has 1 saturated carbocycles. The number of hydrogen-bond donors (Lipinski definition) is 0. The van der Waals surface area contributed by atoms with Gasteiger partial charge in [-0.3, -0.25) is 9.79 Å². The molecule has 1 fully saturated rings. The topological polar surface area (TPSA) is 29.4 Å². The van der Waals surface area contributed by atoms with Crippen LogP contribution in [0.3, 0.4) is 0 Å². The van der Waals surface area contributed by atoms with Crippen molar-refractivity contribution in [2.75, 3.05) is 6.54 Å². The van der Waals surface area contributed by atoms with Crippen molar-refractivity contribution in [3.63, 3.8) is 0 Å². The number of nitrogens with zero attached hydrogens (tertiary/aromatic N) is 1. The number of ketones is 1. The highest BCUT2D eigenvalue weighted by molar-refractivity contribution is 5.79. The summed E-state index contributed by atoms with van der Waals surface area (Å²) in [6, 6.07) is 0. The Labute approximate surface area is 79.8 Å². The van der Waals surface area contributed by atoms with Gasteiger partial charge in [-0.15, -0.1) is 0 Å². The lowest BCUT2D eigenvalue weighted by Gasteiger charge is -2.18. The van der Waals surface area contributed by atoms with Crippen LogP contribution < -0.4 is 0 Å². The van der Waals surface area contributed by atoms with Gasteiger partial charge < -0.3 is 0 Å². The Morgan fingerprint density at radius 3 is 2.77 bits per heavy atom. The molecule has 0 aliphatic heterocycles. The van der Waals surface area contributed by atoms with Gasteiger partial charge in [-0.05, 0) is 31.8 Å². The summed E-state index contributed by atoms with van der Waals surface area (Å²) in [6.07, 6.45) is 9.35. The zero-order chi connectivity index (χ0) is 9.52. The third-order valence-corrected chi connectivity index (χ3v) is 2.41. The molecular formula is C11H17NO. The molecule has 0 saturated heterocycles. The molecule has 0 heterocycles. The summed E-state index contributed by atoms with van der Waals surface area (Å²) < 4.78 is 0. The number of Topliss-reactive ketones (excluding diaryl/α,β-unsaturated/α-hetero) is 1. The van der Waals surface area contributed by atoms with E-state index in [9.17, 15) is 4.79 Å². The number of allylic oxidation sites excluding steroid dienone is 2. The van der Waals surface area contributed by atoms with Crippen molar-refractivity contribution >= 4 is 12.0 Å². The minimum atomic E-state index is 0.425. The molecule has 2 nitrogen and oxygen atoms in total. The highest BCUT2D eigenvalue weighted by Gasteiger charge is 2.17. The van der Waals surface area contributed by atoms with Crippen molar-refractivity contribution in [3.8, 4) is 0 Å². The molecule has 72 valence electrons. The first-order valence-corrected chi connectivity index (χ1v) is 4.95. The first-order valence-electron chi connectivity index (χ1n) is 4.95. The number of aliphatic imine (C=N–C) groups is 1. The van der Waals surface area contributed by atoms with E-state index in [1.807, 2.05) is 25.3 Å². The zero-order valence-corrected chi connectivity index (χ0v) is 8.20. The van der Waals surface area contributed by atoms with Crippen molar-refractivity contribution in [1.29, 1.82) is 0 Å². The molecule has 13 heavy (non-hydrogen) atoms. The van der Waals surface area contributed by atoms with Crippen molar-refractivity contribution in [2.24, 2.45) is 10.9 Å². The molecule has 0 radical (unpaired) electrons. The molecule has 2 heteroatoms. The Kier molecular flexibility index (Phi) is 4.44. The molecule has 0 aromatic rings. The van der Waals surface area contributed by atoms with Gasteiger partial charge in [0, 0.05) is 25.6 Å². The van der Waals surface area contributed by atoms with Gasteiger partial charge >= 0.3 is 0 Å². The Balaban J connectivity index is 2.19. The van der Waals surface area contributed by atoms with E-state index < -0.39 is 0 Å². The molecule has 1 aliphatic rings. The smallest absolute Gasteiger partial charge is 0.132 e. The quantitative estimate of drug-likeness (QED) is 0.612. The van der Waals surface area contributed by atoms with E-state index in [2.05, 4.69) is 4.99 Å². The molecule has 0 spiro atoms. The maximum absolute atomic E-state index is 10.9. The average molecular weight is 179 g/mol. The fourth-order valence-corrected chi connectivity index (χ4v) is 1.54. The Bertz CT molecular complexity index is 208. The highest BCUT2D eigenvalue weighted by atomic mass is 16.1. The Hall–Kier alpha value is -0.920. The summed E-state index contributed by atoms with van der Waals surface area (Å²) in [7, 11) is 0. The van der Waals surface area contributed by atoms with E-state index in [1.165, 1.54) is 0 Å². The van der Waals surface area contributed by atoms with E-state index in [1.54, 1.807) is 0 Å². The van der Waals surface area contributed by atoms with Gasteiger partial charge in [0.2, 0.25) is 0 Å². The van der Waals surface area contributed by atoms with E-state index in [-0.39, 0.29) is 0 Å². The summed E-state index contributed by atoms with van der Waals surface area (Å²) in [4.78, 5) is 15.2. The molecule has 0 aromatic carbocycles. The summed E-state index contributed by atoms with van der Waals surface area (Å²) in [5.74, 6) is 1.06. The minimum absolute atomic E-state index is 0.425. The predicted octanol–water partition coefficient (Wildman–Crippen LogP) is 2.39. The maximum atomic E-state index is 10.9. The molecule has 0 amide bonds. The van der Waals surface area contributed by atoms with Crippen LogP contribution in [0.25, 0.3) is 0 Å². The molecule has 1 aliphatic carbocycles. The third kappa shape index (κ3) is 4.02. The van der Waals surface area contributed by atoms with Crippen LogP contribution in [0.4, 0.5) is 0 Å². The minimum Gasteiger partial charge on any atom is -0.300 e. The predicted molar refractivity (Wildman–Crippen MR) is 55.1 cm³/mol. The van der Waals surface area contributed by atoms with Crippen molar-refractivity contribution < 1.29 is 4.79 Å². The third-order valence-electron chi connectivity index (χ3n) is 2.41. The first kappa shape index (κ1) is 10.2. The zero-order valence-electron chi connectivity index (χ0n) is 8.20. The second kappa shape index (κ2) is 5.68. The highest BCUT2D eigenvalue weighted by Crippen LogP contribution is 2.21. The van der Waals surface area contributed by atoms with Crippen LogP contribution in [0.5, 0.6) is 0 Å². The lowest BCUT2D eigenvalue weighted by atomic mass is 9.88. The van der Waals surface area contributed by atoms with Crippen molar-refractivity contribution in [1.82, 2.24) is 0 Å². The molecule has 0 unspecified atom stereocenters. The van der Waals surface area contributed by atoms with Gasteiger partial charge in [0.25, 0.3) is 0 Å². The van der Waals surface area contributed by atoms with Crippen molar-refractivity contribution in [2.45, 2.75) is 32.6 Å². The second-order valence-electron chi connectivity index (χ2n) is 3.52. The van der Waals surface area contributed by atoms with Gasteiger partial charge in [-0.25, -0.2) is 0 Å². The Morgan fingerprint density at radius 2 is 2.15 bits per heavy atom. The molecular weight excluding hydrogens is 162 g/mol. The Morgan fingerprint density at radius 1 is 1.46 bits per heavy atom. The summed E-state index contributed by atoms with van der Waals surface area (Å²) >= 11 is 0. The molecule has 0 N–H and O–H groups in total. The van der Waals surface area contributed by atoms with Crippen LogP contribution in [0.15, 0.2) is 17.1 Å². The SMILES string of the molecule is C/C=C\C=NCC1CCC(=O)CC1. The lowest BCUT2D eigenvalue weighted by Crippen LogP contribution is -2.15. The van der Waals surface area contributed by atoms with Gasteiger partial charge in [-0.1, -0.05) is 6.08 Å². The largest absolute Gasteiger partial charge is 0.300 e. The standard InChI is InChI=1S/C11H17NO/c1-2-3-8-12-9-10-4-6-11(13)7-5-10/h2-3,8,10H,4-7,9H2,1H3/b3-2-,12-8?. The number of rotatable bonds is 3. The fourth-order valence-electron chi connectivity index (χ4n) is 1.54. The molecule has 0 atom stereocenters. The molecule has 0 bridgehead atoms. The molecule has 1 rings (SSSR count). The number of carbonyl (C=O) groups excluding carboxylic acids is 1. The summed E-state index contributed by atoms with van der Waals surface area (Å²) in [5, 5.41) is 0. The average Bonchev–Trinajstić information content (AvgIpc) is 2.15. The summed E-state index contributed by atoms with van der Waals surface area (Å²) in [6.45, 7) is 2.86. The number of carbonyl (C=O) groups is 1. The van der Waals surface area contributed by atoms with Crippen molar-refractivity contribution in [3.05, 3.63) is 12.2 Å². The van der Waals surface area contributed by atoms with Crippen LogP contribution in [0.1, 0.15) is 32.6 Å². The van der Waals surface area contributed by atoms with Crippen LogP contribution in [-0.4, -0.2) is 18.5 Å². The van der Waals surface area contributed by atoms with E-state index >= 15 is 0 Å².